The monoisotopic (exact) mass is 346 g/mol. The van der Waals surface area contributed by atoms with Gasteiger partial charge in [-0.15, -0.1) is 10.2 Å². The van der Waals surface area contributed by atoms with Crippen molar-refractivity contribution >= 4 is 0 Å². The second-order valence-corrected chi connectivity index (χ2v) is 6.66. The summed E-state index contributed by atoms with van der Waals surface area (Å²) >= 11 is 0. The van der Waals surface area contributed by atoms with E-state index in [4.69, 9.17) is 9.15 Å². The molecule has 1 fully saturated rings. The summed E-state index contributed by atoms with van der Waals surface area (Å²) in [6, 6.07) is 7.97. The van der Waals surface area contributed by atoms with E-state index in [0.29, 0.717) is 24.4 Å². The van der Waals surface area contributed by atoms with Crippen LogP contribution in [0, 0.1) is 0 Å². The van der Waals surface area contributed by atoms with Crippen molar-refractivity contribution in [1.29, 1.82) is 0 Å². The zero-order valence-corrected chi connectivity index (χ0v) is 15.1. The largest absolute Gasteiger partial charge is 0.497 e. The molecule has 1 N–H and O–H groups in total. The van der Waals surface area contributed by atoms with Crippen molar-refractivity contribution in [2.45, 2.75) is 32.5 Å². The van der Waals surface area contributed by atoms with Gasteiger partial charge in [-0.25, -0.2) is 0 Å². The van der Waals surface area contributed by atoms with E-state index in [1.807, 2.05) is 31.2 Å². The summed E-state index contributed by atoms with van der Waals surface area (Å²) in [5, 5.41) is 17.9. The number of aliphatic hydroxyl groups excluding tert-OH is 1. The van der Waals surface area contributed by atoms with Gasteiger partial charge >= 0.3 is 0 Å². The fourth-order valence-corrected chi connectivity index (χ4v) is 3.18. The van der Waals surface area contributed by atoms with Crippen LogP contribution in [-0.2, 0) is 6.54 Å². The first-order valence-corrected chi connectivity index (χ1v) is 8.66. The van der Waals surface area contributed by atoms with Gasteiger partial charge in [0.25, 0.3) is 0 Å². The van der Waals surface area contributed by atoms with Gasteiger partial charge in [0.05, 0.1) is 19.8 Å². The molecule has 3 rings (SSSR count). The fraction of sp³-hybridized carbons (Fsp3) is 0.556. The Morgan fingerprint density at radius 2 is 2.04 bits per heavy atom. The van der Waals surface area contributed by atoms with E-state index in [2.05, 4.69) is 26.9 Å². The van der Waals surface area contributed by atoms with Crippen LogP contribution in [0.15, 0.2) is 28.7 Å². The van der Waals surface area contributed by atoms with Crippen LogP contribution < -0.4 is 4.74 Å². The maximum Gasteiger partial charge on any atom is 0.247 e. The molecule has 0 bridgehead atoms. The third-order valence-corrected chi connectivity index (χ3v) is 4.51. The minimum absolute atomic E-state index is 0.294. The van der Waals surface area contributed by atoms with Gasteiger partial charge < -0.3 is 14.3 Å². The van der Waals surface area contributed by atoms with E-state index in [9.17, 15) is 5.11 Å². The van der Waals surface area contributed by atoms with E-state index < -0.39 is 0 Å². The Labute approximate surface area is 148 Å². The average molecular weight is 346 g/mol. The molecule has 25 heavy (non-hydrogen) atoms. The van der Waals surface area contributed by atoms with E-state index in [1.165, 1.54) is 0 Å². The number of benzene rings is 1. The summed E-state index contributed by atoms with van der Waals surface area (Å²) < 4.78 is 11.0. The Morgan fingerprint density at radius 3 is 2.68 bits per heavy atom. The highest BCUT2D eigenvalue weighted by Gasteiger charge is 2.25. The molecular weight excluding hydrogens is 320 g/mol. The lowest BCUT2D eigenvalue weighted by molar-refractivity contribution is 0.0393. The predicted molar refractivity (Wildman–Crippen MR) is 94.3 cm³/mol. The minimum Gasteiger partial charge on any atom is -0.497 e. The van der Waals surface area contributed by atoms with Crippen molar-refractivity contribution in [2.24, 2.45) is 0 Å². The topological polar surface area (TPSA) is 74.9 Å². The Morgan fingerprint density at radius 1 is 1.28 bits per heavy atom. The van der Waals surface area contributed by atoms with Crippen LogP contribution in [0.2, 0.25) is 0 Å². The van der Waals surface area contributed by atoms with Crippen LogP contribution in [-0.4, -0.2) is 70.5 Å². The van der Waals surface area contributed by atoms with Crippen molar-refractivity contribution < 1.29 is 14.3 Å². The van der Waals surface area contributed by atoms with E-state index in [1.54, 1.807) is 7.11 Å². The molecule has 0 radical (unpaired) electrons. The second-order valence-electron chi connectivity index (χ2n) is 6.66. The van der Waals surface area contributed by atoms with Crippen LogP contribution in [0.25, 0.3) is 11.5 Å². The first kappa shape index (κ1) is 17.8. The normalized spacial score (nSPS) is 20.6. The number of rotatable bonds is 6. The lowest BCUT2D eigenvalue weighted by Crippen LogP contribution is -2.53. The van der Waals surface area contributed by atoms with Crippen molar-refractivity contribution in [1.82, 2.24) is 20.0 Å². The van der Waals surface area contributed by atoms with Crippen LogP contribution in [0.4, 0.5) is 0 Å². The maximum absolute atomic E-state index is 9.57. The Hall–Kier alpha value is -1.96. The second kappa shape index (κ2) is 7.95. The van der Waals surface area contributed by atoms with Gasteiger partial charge in [-0.1, -0.05) is 0 Å². The fourth-order valence-electron chi connectivity index (χ4n) is 3.18. The van der Waals surface area contributed by atoms with Crippen molar-refractivity contribution in [3.8, 4) is 17.2 Å². The van der Waals surface area contributed by atoms with Crippen molar-refractivity contribution in [2.75, 3.05) is 33.3 Å². The highest BCUT2D eigenvalue weighted by molar-refractivity contribution is 5.53. The van der Waals surface area contributed by atoms with Crippen molar-refractivity contribution in [3.05, 3.63) is 30.2 Å². The number of nitrogens with zero attached hydrogens (tertiary/aromatic N) is 4. The predicted octanol–water partition coefficient (Wildman–Crippen LogP) is 1.63. The molecule has 2 atom stereocenters. The highest BCUT2D eigenvalue weighted by Crippen LogP contribution is 2.22. The SMILES string of the molecule is COc1ccc(-c2nnc(CN3CCN(C[C@H](C)O)[C@@H](C)C3)o2)cc1. The van der Waals surface area contributed by atoms with Gasteiger partial charge in [-0.3, -0.25) is 9.80 Å². The molecule has 1 aliphatic heterocycles. The number of hydrogen-bond donors (Lipinski definition) is 1. The van der Waals surface area contributed by atoms with E-state index in [0.717, 1.165) is 37.5 Å². The highest BCUT2D eigenvalue weighted by atomic mass is 16.5. The zero-order chi connectivity index (χ0) is 17.8. The number of aliphatic hydroxyl groups is 1. The summed E-state index contributed by atoms with van der Waals surface area (Å²) in [6.07, 6.45) is -0.294. The molecule has 7 nitrogen and oxygen atoms in total. The van der Waals surface area contributed by atoms with Gasteiger partial charge in [0.2, 0.25) is 11.8 Å². The number of β-amino-alcohol motifs (C(OH)–C–C–N with tert-alkyl or cyclic N) is 1. The number of ether oxygens (including phenoxy) is 1. The van der Waals surface area contributed by atoms with Crippen molar-refractivity contribution in [3.63, 3.8) is 0 Å². The lowest BCUT2D eigenvalue weighted by Gasteiger charge is -2.39. The average Bonchev–Trinajstić information content (AvgIpc) is 3.05. The molecule has 136 valence electrons. The number of piperazine rings is 1. The summed E-state index contributed by atoms with van der Waals surface area (Å²) in [4.78, 5) is 4.63. The molecule has 1 aromatic carbocycles. The van der Waals surface area contributed by atoms with Gasteiger partial charge in [0, 0.05) is 37.8 Å². The van der Waals surface area contributed by atoms with E-state index in [-0.39, 0.29) is 6.10 Å². The molecule has 1 aromatic heterocycles. The number of hydrogen-bond acceptors (Lipinski definition) is 7. The molecule has 1 aliphatic rings. The molecule has 2 heterocycles. The molecule has 0 spiro atoms. The van der Waals surface area contributed by atoms with E-state index >= 15 is 0 Å². The van der Waals surface area contributed by atoms with Gasteiger partial charge in [0.1, 0.15) is 5.75 Å². The first-order chi connectivity index (χ1) is 12.0. The molecule has 0 unspecified atom stereocenters. The summed E-state index contributed by atoms with van der Waals surface area (Å²) in [5.74, 6) is 1.95. The minimum atomic E-state index is -0.294. The summed E-state index contributed by atoms with van der Waals surface area (Å²) in [7, 11) is 1.64. The molecule has 0 saturated carbocycles. The Kier molecular flexibility index (Phi) is 5.67. The number of methoxy groups -OCH3 is 1. The Bertz CT molecular complexity index is 671. The smallest absolute Gasteiger partial charge is 0.247 e. The lowest BCUT2D eigenvalue weighted by atomic mass is 10.1. The molecule has 7 heteroatoms. The Balaban J connectivity index is 1.58. The van der Waals surface area contributed by atoms with Gasteiger partial charge in [-0.2, -0.15) is 0 Å². The molecule has 2 aromatic rings. The third-order valence-electron chi connectivity index (χ3n) is 4.51. The van der Waals surface area contributed by atoms with Crippen LogP contribution >= 0.6 is 0 Å². The van der Waals surface area contributed by atoms with Gasteiger partial charge in [0.15, 0.2) is 0 Å². The van der Waals surface area contributed by atoms with Crippen LogP contribution in [0.1, 0.15) is 19.7 Å². The number of aromatic nitrogens is 2. The molecule has 1 saturated heterocycles. The first-order valence-electron chi connectivity index (χ1n) is 8.66. The standard InChI is InChI=1S/C18H26N4O3/c1-13-10-21(8-9-22(13)11-14(2)23)12-17-19-20-18(25-17)15-4-6-16(24-3)7-5-15/h4-7,13-14,23H,8-12H2,1-3H3/t13-,14-/m0/s1. The molecule has 0 amide bonds. The molecular formula is C18H26N4O3. The molecule has 0 aliphatic carbocycles. The summed E-state index contributed by atoms with van der Waals surface area (Å²) in [6.45, 7) is 8.17. The maximum atomic E-state index is 9.57. The quantitative estimate of drug-likeness (QED) is 0.852. The zero-order valence-electron chi connectivity index (χ0n) is 15.1. The van der Waals surface area contributed by atoms with Crippen LogP contribution in [0.3, 0.4) is 0 Å². The van der Waals surface area contributed by atoms with Gasteiger partial charge in [-0.05, 0) is 38.1 Å². The third kappa shape index (κ3) is 4.56. The van der Waals surface area contributed by atoms with Crippen LogP contribution in [0.5, 0.6) is 5.75 Å². The summed E-state index contributed by atoms with van der Waals surface area (Å²) in [5.41, 5.74) is 0.884.